The standard InChI is InChI=1S/C27H29N5O3.2ClH/c28-25(29)30-15-4-5-16-17-11-27(34)20-9-14-3-6-19(33)23-21(14)26(27,7-8-32(20)12-13-1-2-13)24(35-23)22(17)31-18(16)10-15;;/h3-6,10,13,20,24,31,33-34H,1-2,7-9,11-12H2,(H4,28,29,30);2*1H/t20-,24+,26+,27-;;/m1../s1. The van der Waals surface area contributed by atoms with E-state index >= 15 is 0 Å². The van der Waals surface area contributed by atoms with Gasteiger partial charge in [-0.15, -0.1) is 24.8 Å². The molecule has 3 aliphatic carbocycles. The predicted octanol–water partition coefficient (Wildman–Crippen LogP) is 3.32. The van der Waals surface area contributed by atoms with Crippen LogP contribution in [0, 0.1) is 5.92 Å². The molecule has 0 unspecified atom stereocenters. The number of aliphatic hydroxyl groups is 1. The average Bonchev–Trinajstić information content (AvgIpc) is 3.45. The van der Waals surface area contributed by atoms with Gasteiger partial charge in [0, 0.05) is 35.5 Å². The van der Waals surface area contributed by atoms with Crippen molar-refractivity contribution in [1.29, 1.82) is 0 Å². The quantitative estimate of drug-likeness (QED) is 0.254. The zero-order chi connectivity index (χ0) is 23.7. The molecule has 1 spiro atoms. The van der Waals surface area contributed by atoms with Crippen molar-refractivity contribution in [2.75, 3.05) is 13.1 Å². The molecule has 0 radical (unpaired) electrons. The van der Waals surface area contributed by atoms with Crippen LogP contribution < -0.4 is 16.2 Å². The first-order chi connectivity index (χ1) is 16.9. The summed E-state index contributed by atoms with van der Waals surface area (Å²) >= 11 is 0. The van der Waals surface area contributed by atoms with Gasteiger partial charge in [0.25, 0.3) is 0 Å². The highest BCUT2D eigenvalue weighted by Gasteiger charge is 2.72. The number of nitrogens with two attached hydrogens (primary N) is 2. The molecule has 1 saturated heterocycles. The number of H-pyrrole nitrogens is 1. The predicted molar refractivity (Wildman–Crippen MR) is 146 cm³/mol. The summed E-state index contributed by atoms with van der Waals surface area (Å²) in [5, 5.41) is 24.7. The molecule has 8 rings (SSSR count). The molecule has 37 heavy (non-hydrogen) atoms. The number of phenolic OH excluding ortho intramolecular Hbond substituents is 1. The molecule has 10 heteroatoms. The number of benzene rings is 2. The first kappa shape index (κ1) is 24.7. The fourth-order valence-electron chi connectivity index (χ4n) is 7.84. The van der Waals surface area contributed by atoms with Crippen molar-refractivity contribution in [3.63, 3.8) is 0 Å². The molecule has 2 aromatic carbocycles. The van der Waals surface area contributed by atoms with E-state index in [9.17, 15) is 10.2 Å². The molecular weight excluding hydrogens is 513 g/mol. The topological polar surface area (TPSA) is 133 Å². The summed E-state index contributed by atoms with van der Waals surface area (Å²) in [7, 11) is 0. The molecule has 3 heterocycles. The highest BCUT2D eigenvalue weighted by Crippen LogP contribution is 2.69. The first-order valence-corrected chi connectivity index (χ1v) is 12.6. The van der Waals surface area contributed by atoms with Gasteiger partial charge < -0.3 is 31.4 Å². The molecular formula is C27H31Cl2N5O3. The third-order valence-corrected chi connectivity index (χ3v) is 9.40. The number of piperidine rings is 1. The van der Waals surface area contributed by atoms with Gasteiger partial charge in [-0.1, -0.05) is 12.1 Å². The lowest BCUT2D eigenvalue weighted by atomic mass is 9.49. The van der Waals surface area contributed by atoms with E-state index in [2.05, 4.69) is 14.9 Å². The molecule has 2 fully saturated rings. The lowest BCUT2D eigenvalue weighted by molar-refractivity contribution is -0.173. The second-order valence-corrected chi connectivity index (χ2v) is 11.2. The molecule has 0 amide bonds. The van der Waals surface area contributed by atoms with Crippen LogP contribution in [0.25, 0.3) is 10.9 Å². The van der Waals surface area contributed by atoms with Crippen molar-refractivity contribution >= 4 is 47.4 Å². The Bertz CT molecular complexity index is 1470. The Kier molecular flexibility index (Phi) is 5.29. The van der Waals surface area contributed by atoms with Gasteiger partial charge in [-0.05, 0) is 67.5 Å². The number of ether oxygens (including phenoxy) is 1. The van der Waals surface area contributed by atoms with E-state index in [4.69, 9.17) is 16.2 Å². The number of phenols is 1. The minimum Gasteiger partial charge on any atom is -0.504 e. The number of likely N-dealkylation sites (tertiary alicyclic amines) is 1. The van der Waals surface area contributed by atoms with E-state index in [1.54, 1.807) is 6.07 Å². The number of aromatic nitrogens is 1. The number of aromatic hydroxyl groups is 1. The number of aromatic amines is 1. The van der Waals surface area contributed by atoms with Gasteiger partial charge in [-0.25, -0.2) is 4.99 Å². The van der Waals surface area contributed by atoms with E-state index in [1.165, 1.54) is 18.4 Å². The average molecular weight is 544 g/mol. The van der Waals surface area contributed by atoms with Gasteiger partial charge in [0.15, 0.2) is 23.6 Å². The van der Waals surface area contributed by atoms with E-state index < -0.39 is 11.0 Å². The lowest BCUT2D eigenvalue weighted by Crippen LogP contribution is -2.74. The molecule has 2 aliphatic heterocycles. The summed E-state index contributed by atoms with van der Waals surface area (Å²) in [6.07, 6.45) is 4.31. The summed E-state index contributed by atoms with van der Waals surface area (Å²) < 4.78 is 6.63. The molecule has 4 atom stereocenters. The van der Waals surface area contributed by atoms with Gasteiger partial charge in [0.2, 0.25) is 0 Å². The molecule has 1 aromatic heterocycles. The van der Waals surface area contributed by atoms with Crippen LogP contribution in [0.3, 0.4) is 0 Å². The minimum absolute atomic E-state index is 0. The van der Waals surface area contributed by atoms with Crippen LogP contribution in [-0.4, -0.2) is 50.8 Å². The number of aliphatic imine (C=N–C) groups is 1. The van der Waals surface area contributed by atoms with Crippen molar-refractivity contribution in [2.45, 2.75) is 55.3 Å². The highest BCUT2D eigenvalue weighted by atomic mass is 35.5. The van der Waals surface area contributed by atoms with Gasteiger partial charge >= 0.3 is 0 Å². The van der Waals surface area contributed by atoms with E-state index in [1.807, 2.05) is 24.3 Å². The number of halogens is 2. The Morgan fingerprint density at radius 3 is 2.76 bits per heavy atom. The third-order valence-electron chi connectivity index (χ3n) is 9.40. The Hall–Kier alpha value is -2.65. The molecule has 8 nitrogen and oxygen atoms in total. The Labute approximate surface area is 226 Å². The van der Waals surface area contributed by atoms with Crippen molar-refractivity contribution < 1.29 is 14.9 Å². The van der Waals surface area contributed by atoms with Crippen LogP contribution in [0.2, 0.25) is 0 Å². The number of nitrogens with zero attached hydrogens (tertiary/aromatic N) is 2. The fourth-order valence-corrected chi connectivity index (χ4v) is 7.84. The van der Waals surface area contributed by atoms with Crippen LogP contribution in [0.4, 0.5) is 5.69 Å². The van der Waals surface area contributed by atoms with Crippen LogP contribution in [0.5, 0.6) is 11.5 Å². The minimum atomic E-state index is -0.989. The molecule has 3 aromatic rings. The van der Waals surface area contributed by atoms with Crippen molar-refractivity contribution in [1.82, 2.24) is 9.88 Å². The van der Waals surface area contributed by atoms with Crippen molar-refractivity contribution in [2.24, 2.45) is 22.4 Å². The number of fused-ring (bicyclic) bond motifs is 4. The maximum Gasteiger partial charge on any atom is 0.191 e. The summed E-state index contributed by atoms with van der Waals surface area (Å²) in [6, 6.07) is 9.68. The van der Waals surface area contributed by atoms with Crippen LogP contribution >= 0.6 is 24.8 Å². The number of nitrogens with one attached hydrogen (secondary N) is 1. The maximum atomic E-state index is 12.8. The fraction of sp³-hybridized carbons (Fsp3) is 0.444. The number of hydrogen-bond donors (Lipinski definition) is 5. The summed E-state index contributed by atoms with van der Waals surface area (Å²) in [5.74, 6) is 1.47. The van der Waals surface area contributed by atoms with Gasteiger partial charge in [0.05, 0.1) is 22.4 Å². The normalized spacial score (nSPS) is 30.4. The number of guanidine groups is 1. The van der Waals surface area contributed by atoms with Crippen molar-refractivity contribution in [3.05, 3.63) is 52.7 Å². The third kappa shape index (κ3) is 3.01. The van der Waals surface area contributed by atoms with E-state index in [-0.39, 0.29) is 48.7 Å². The smallest absolute Gasteiger partial charge is 0.191 e. The zero-order valence-corrected chi connectivity index (χ0v) is 21.9. The molecule has 196 valence electrons. The van der Waals surface area contributed by atoms with Crippen LogP contribution in [0.1, 0.15) is 47.8 Å². The van der Waals surface area contributed by atoms with Gasteiger partial charge in [-0.2, -0.15) is 0 Å². The number of hydrogen-bond acceptors (Lipinski definition) is 5. The van der Waals surface area contributed by atoms with E-state index in [0.717, 1.165) is 59.6 Å². The maximum absolute atomic E-state index is 12.8. The van der Waals surface area contributed by atoms with Gasteiger partial charge in [0.1, 0.15) is 0 Å². The highest BCUT2D eigenvalue weighted by molar-refractivity contribution is 5.90. The Morgan fingerprint density at radius 2 is 2.00 bits per heavy atom. The SMILES string of the molecule is Cl.Cl.NC(N)=Nc1ccc2c3c([nH]c2c1)[C@@H]1Oc2c(O)ccc4c2[C@@]12CCN(CC1CC1)[C@H](C4)[C@]2(O)C3. The molecule has 1 saturated carbocycles. The summed E-state index contributed by atoms with van der Waals surface area (Å²) in [6.45, 7) is 1.99. The molecule has 7 N–H and O–H groups in total. The first-order valence-electron chi connectivity index (χ1n) is 12.6. The largest absolute Gasteiger partial charge is 0.504 e. The second kappa shape index (κ2) is 7.93. The number of rotatable bonds is 3. The molecule has 5 aliphatic rings. The van der Waals surface area contributed by atoms with Gasteiger partial charge in [-0.3, -0.25) is 4.90 Å². The Morgan fingerprint density at radius 1 is 1.19 bits per heavy atom. The van der Waals surface area contributed by atoms with Crippen molar-refractivity contribution in [3.8, 4) is 11.5 Å². The monoisotopic (exact) mass is 543 g/mol. The summed E-state index contributed by atoms with van der Waals surface area (Å²) in [4.78, 5) is 10.4. The van der Waals surface area contributed by atoms with Crippen LogP contribution in [0.15, 0.2) is 35.3 Å². The molecule has 2 bridgehead atoms. The summed E-state index contributed by atoms with van der Waals surface area (Å²) in [5.41, 5.74) is 15.5. The Balaban J connectivity index is 0.00000126. The van der Waals surface area contributed by atoms with Crippen LogP contribution in [-0.2, 0) is 18.3 Å². The second-order valence-electron chi connectivity index (χ2n) is 11.2. The van der Waals surface area contributed by atoms with E-state index in [0.29, 0.717) is 17.9 Å². The zero-order valence-electron chi connectivity index (χ0n) is 20.2. The lowest BCUT2D eigenvalue weighted by Gasteiger charge is -2.62.